The van der Waals surface area contributed by atoms with Crippen molar-refractivity contribution in [1.82, 2.24) is 24.9 Å². The van der Waals surface area contributed by atoms with Gasteiger partial charge in [0.15, 0.2) is 0 Å². The first-order valence-corrected chi connectivity index (χ1v) is 8.51. The van der Waals surface area contributed by atoms with Crippen molar-refractivity contribution in [1.29, 1.82) is 0 Å². The number of aromatic amines is 1. The summed E-state index contributed by atoms with van der Waals surface area (Å²) >= 11 is 0. The molecule has 0 radical (unpaired) electrons. The molecule has 1 atom stereocenters. The lowest BCUT2D eigenvalue weighted by Gasteiger charge is -2.25. The quantitative estimate of drug-likeness (QED) is 0.681. The maximum absolute atomic E-state index is 11.9. The largest absolute Gasteiger partial charge is 0.480 e. The molecule has 3 aromatic rings. The molecular weight excluding hydrogens is 330 g/mol. The van der Waals surface area contributed by atoms with Gasteiger partial charge in [-0.25, -0.2) is 4.68 Å². The second-order valence-electron chi connectivity index (χ2n) is 6.43. The van der Waals surface area contributed by atoms with Crippen LogP contribution in [-0.2, 0) is 11.2 Å². The van der Waals surface area contributed by atoms with Gasteiger partial charge in [-0.3, -0.25) is 14.8 Å². The highest BCUT2D eigenvalue weighted by atomic mass is 16.4. The van der Waals surface area contributed by atoms with Crippen LogP contribution in [0.1, 0.15) is 28.6 Å². The van der Waals surface area contributed by atoms with Crippen molar-refractivity contribution in [3.05, 3.63) is 65.2 Å². The van der Waals surface area contributed by atoms with E-state index in [9.17, 15) is 9.90 Å². The van der Waals surface area contributed by atoms with Crippen molar-refractivity contribution in [2.45, 2.75) is 26.3 Å². The number of benzene rings is 1. The van der Waals surface area contributed by atoms with E-state index in [0.29, 0.717) is 6.54 Å². The lowest BCUT2D eigenvalue weighted by Crippen LogP contribution is -2.32. The van der Waals surface area contributed by atoms with Crippen molar-refractivity contribution in [2.24, 2.45) is 0 Å². The fraction of sp³-hybridized carbons (Fsp3) is 0.316. The zero-order valence-corrected chi connectivity index (χ0v) is 15.2. The molecule has 0 fully saturated rings. The van der Waals surface area contributed by atoms with E-state index in [2.05, 4.69) is 15.3 Å². The Balaban J connectivity index is 1.75. The Hall–Kier alpha value is -2.93. The van der Waals surface area contributed by atoms with Gasteiger partial charge in [-0.05, 0) is 56.6 Å². The van der Waals surface area contributed by atoms with Crippen LogP contribution in [0.4, 0.5) is 0 Å². The zero-order valence-electron chi connectivity index (χ0n) is 15.2. The number of aryl methyl sites for hydroxylation is 2. The summed E-state index contributed by atoms with van der Waals surface area (Å²) in [6, 6.07) is 8.62. The van der Waals surface area contributed by atoms with Crippen molar-refractivity contribution < 1.29 is 9.90 Å². The van der Waals surface area contributed by atoms with E-state index in [4.69, 9.17) is 0 Å². The lowest BCUT2D eigenvalue weighted by molar-refractivity contribution is -0.143. The first-order valence-electron chi connectivity index (χ1n) is 8.51. The summed E-state index contributed by atoms with van der Waals surface area (Å²) in [4.78, 5) is 13.7. The molecule has 0 aliphatic heterocycles. The first-order chi connectivity index (χ1) is 12.5. The van der Waals surface area contributed by atoms with E-state index in [1.54, 1.807) is 10.9 Å². The zero-order chi connectivity index (χ0) is 18.7. The molecule has 0 saturated carbocycles. The molecular formula is C19H23N5O2. The molecule has 0 saturated heterocycles. The Labute approximate surface area is 152 Å². The van der Waals surface area contributed by atoms with Crippen LogP contribution in [0.3, 0.4) is 0 Å². The van der Waals surface area contributed by atoms with Gasteiger partial charge < -0.3 is 5.11 Å². The van der Waals surface area contributed by atoms with Crippen LogP contribution < -0.4 is 0 Å². The highest BCUT2D eigenvalue weighted by Crippen LogP contribution is 2.22. The Morgan fingerprint density at radius 2 is 2.04 bits per heavy atom. The number of H-pyrrole nitrogens is 1. The molecule has 0 aliphatic rings. The number of carboxylic acids is 1. The predicted molar refractivity (Wildman–Crippen MR) is 98.3 cm³/mol. The van der Waals surface area contributed by atoms with Crippen molar-refractivity contribution in [2.75, 3.05) is 13.6 Å². The molecule has 0 amide bonds. The minimum absolute atomic E-state index is 0.624. The van der Waals surface area contributed by atoms with E-state index in [1.165, 1.54) is 0 Å². The first kappa shape index (κ1) is 17.9. The number of hydrogen-bond acceptors (Lipinski definition) is 4. The third kappa shape index (κ3) is 3.67. The number of carbonyl (C=O) groups is 1. The molecule has 0 spiro atoms. The van der Waals surface area contributed by atoms with Crippen LogP contribution in [0.2, 0.25) is 0 Å². The maximum atomic E-state index is 11.9. The highest BCUT2D eigenvalue weighted by Gasteiger charge is 2.25. The van der Waals surface area contributed by atoms with Gasteiger partial charge in [0.2, 0.25) is 0 Å². The summed E-state index contributed by atoms with van der Waals surface area (Å²) < 4.78 is 1.74. The van der Waals surface area contributed by atoms with Crippen LogP contribution >= 0.6 is 0 Å². The SMILES string of the molecule is Cc1n[nH]c(C)c1CCN(C)C(C(=O)O)c1ccc(-n2cccn2)cc1. The predicted octanol–water partition coefficient (Wildman–Crippen LogP) is 2.51. The van der Waals surface area contributed by atoms with E-state index in [1.807, 2.05) is 62.3 Å². The van der Waals surface area contributed by atoms with Gasteiger partial charge in [-0.2, -0.15) is 10.2 Å². The van der Waals surface area contributed by atoms with Crippen molar-refractivity contribution >= 4 is 5.97 Å². The van der Waals surface area contributed by atoms with Gasteiger partial charge in [0, 0.05) is 24.6 Å². The standard InChI is InChI=1S/C19H23N5O2/c1-13-17(14(2)22-21-13)9-12-23(3)18(19(25)26)15-5-7-16(8-6-15)24-11-4-10-20-24/h4-8,10-11,18H,9,12H2,1-3H3,(H,21,22)(H,25,26). The average molecular weight is 353 g/mol. The molecule has 7 nitrogen and oxygen atoms in total. The van der Waals surface area contributed by atoms with Crippen LogP contribution in [0, 0.1) is 13.8 Å². The molecule has 0 bridgehead atoms. The molecule has 2 heterocycles. The second kappa shape index (κ2) is 7.53. The second-order valence-corrected chi connectivity index (χ2v) is 6.43. The average Bonchev–Trinajstić information content (AvgIpc) is 3.25. The number of aliphatic carboxylic acids is 1. The Morgan fingerprint density at radius 1 is 1.31 bits per heavy atom. The summed E-state index contributed by atoms with van der Waals surface area (Å²) in [5.41, 5.74) is 4.79. The van der Waals surface area contributed by atoms with Gasteiger partial charge in [-0.1, -0.05) is 12.1 Å². The third-order valence-corrected chi connectivity index (χ3v) is 4.65. The number of carboxylic acid groups (broad SMARTS) is 1. The number of nitrogens with one attached hydrogen (secondary N) is 1. The van der Waals surface area contributed by atoms with Crippen molar-refractivity contribution in [3.8, 4) is 5.69 Å². The maximum Gasteiger partial charge on any atom is 0.325 e. The molecule has 2 N–H and O–H groups in total. The fourth-order valence-corrected chi connectivity index (χ4v) is 3.18. The van der Waals surface area contributed by atoms with Gasteiger partial charge >= 0.3 is 5.97 Å². The summed E-state index contributed by atoms with van der Waals surface area (Å²) in [5, 5.41) is 21.1. The summed E-state index contributed by atoms with van der Waals surface area (Å²) in [6.45, 7) is 4.57. The van der Waals surface area contributed by atoms with Crippen molar-refractivity contribution in [3.63, 3.8) is 0 Å². The summed E-state index contributed by atoms with van der Waals surface area (Å²) in [6.07, 6.45) is 4.31. The Morgan fingerprint density at radius 3 is 2.58 bits per heavy atom. The highest BCUT2D eigenvalue weighted by molar-refractivity contribution is 5.75. The monoisotopic (exact) mass is 353 g/mol. The Kier molecular flexibility index (Phi) is 5.18. The van der Waals surface area contributed by atoms with Crippen LogP contribution in [0.5, 0.6) is 0 Å². The van der Waals surface area contributed by atoms with Gasteiger partial charge in [-0.15, -0.1) is 0 Å². The van der Waals surface area contributed by atoms with E-state index >= 15 is 0 Å². The number of aromatic nitrogens is 4. The smallest absolute Gasteiger partial charge is 0.325 e. The van der Waals surface area contributed by atoms with Crippen LogP contribution in [-0.4, -0.2) is 49.5 Å². The summed E-state index contributed by atoms with van der Waals surface area (Å²) in [7, 11) is 1.84. The minimum atomic E-state index is -0.861. The molecule has 136 valence electrons. The van der Waals surface area contributed by atoms with Crippen LogP contribution in [0.25, 0.3) is 5.69 Å². The van der Waals surface area contributed by atoms with E-state index in [-0.39, 0.29) is 0 Å². The summed E-state index contributed by atoms with van der Waals surface area (Å²) in [5.74, 6) is -0.861. The lowest BCUT2D eigenvalue weighted by atomic mass is 10.0. The van der Waals surface area contributed by atoms with Gasteiger partial charge in [0.1, 0.15) is 6.04 Å². The van der Waals surface area contributed by atoms with Crippen LogP contribution in [0.15, 0.2) is 42.7 Å². The molecule has 1 unspecified atom stereocenters. The number of hydrogen-bond donors (Lipinski definition) is 2. The third-order valence-electron chi connectivity index (χ3n) is 4.65. The topological polar surface area (TPSA) is 87.0 Å². The fourth-order valence-electron chi connectivity index (χ4n) is 3.18. The minimum Gasteiger partial charge on any atom is -0.480 e. The molecule has 1 aromatic carbocycles. The Bertz CT molecular complexity index is 848. The number of likely N-dealkylation sites (N-methyl/N-ethyl adjacent to an activating group) is 1. The van der Waals surface area contributed by atoms with Gasteiger partial charge in [0.25, 0.3) is 0 Å². The molecule has 26 heavy (non-hydrogen) atoms. The van der Waals surface area contributed by atoms with E-state index in [0.717, 1.165) is 34.6 Å². The molecule has 7 heteroatoms. The van der Waals surface area contributed by atoms with Gasteiger partial charge in [0.05, 0.1) is 11.4 Å². The molecule has 0 aliphatic carbocycles. The number of nitrogens with zero attached hydrogens (tertiary/aromatic N) is 4. The number of rotatable bonds is 7. The molecule has 2 aromatic heterocycles. The normalized spacial score (nSPS) is 12.5. The molecule has 3 rings (SSSR count). The van der Waals surface area contributed by atoms with E-state index < -0.39 is 12.0 Å².